The molecule has 2 aliphatic carbocycles. The molecule has 1 aromatic rings. The smallest absolute Gasteiger partial charge is 0.228 e. The van der Waals surface area contributed by atoms with E-state index in [4.69, 9.17) is 0 Å². The van der Waals surface area contributed by atoms with E-state index in [9.17, 15) is 4.79 Å². The van der Waals surface area contributed by atoms with Gasteiger partial charge in [0.25, 0.3) is 0 Å². The first-order valence-corrected chi connectivity index (χ1v) is 8.93. The van der Waals surface area contributed by atoms with Crippen molar-refractivity contribution in [1.29, 1.82) is 0 Å². The summed E-state index contributed by atoms with van der Waals surface area (Å²) in [5.74, 6) is 1.56. The van der Waals surface area contributed by atoms with Crippen LogP contribution in [0.15, 0.2) is 48.6 Å². The van der Waals surface area contributed by atoms with E-state index in [1.807, 2.05) is 18.2 Å². The van der Waals surface area contributed by atoms with Gasteiger partial charge < -0.3 is 5.32 Å². The zero-order chi connectivity index (χ0) is 16.1. The molecule has 2 aliphatic rings. The van der Waals surface area contributed by atoms with Gasteiger partial charge >= 0.3 is 0 Å². The Kier molecular flexibility index (Phi) is 5.32. The highest BCUT2D eigenvalue weighted by Gasteiger charge is 2.52. The van der Waals surface area contributed by atoms with Gasteiger partial charge in [-0.15, -0.1) is 0 Å². The van der Waals surface area contributed by atoms with Gasteiger partial charge in [0.1, 0.15) is 0 Å². The van der Waals surface area contributed by atoms with Crippen LogP contribution in [-0.2, 0) is 4.79 Å². The van der Waals surface area contributed by atoms with Crippen LogP contribution in [0.25, 0.3) is 0 Å². The molecule has 0 spiro atoms. The number of rotatable bonds is 2. The first-order valence-electron chi connectivity index (χ1n) is 8.93. The molecule has 1 unspecified atom stereocenters. The zero-order valence-corrected chi connectivity index (χ0v) is 14.0. The molecular weight excluding hydrogens is 282 g/mol. The summed E-state index contributed by atoms with van der Waals surface area (Å²) in [5.41, 5.74) is 2.11. The Balaban J connectivity index is 1.61. The average molecular weight is 309 g/mol. The van der Waals surface area contributed by atoms with Crippen LogP contribution in [0.3, 0.4) is 0 Å². The Bertz CT molecular complexity index is 578. The molecule has 3 atom stereocenters. The van der Waals surface area contributed by atoms with Crippen molar-refractivity contribution >= 4 is 11.6 Å². The fraction of sp³-hybridized carbons (Fsp3) is 0.476. The largest absolute Gasteiger partial charge is 0.326 e. The summed E-state index contributed by atoms with van der Waals surface area (Å²) in [6.45, 7) is 2.05. The second-order valence-electron chi connectivity index (χ2n) is 6.89. The highest BCUT2D eigenvalue weighted by Crippen LogP contribution is 2.52. The maximum absolute atomic E-state index is 12.6. The molecule has 2 nitrogen and oxygen atoms in total. The summed E-state index contributed by atoms with van der Waals surface area (Å²) in [5, 5.41) is 3.12. The molecule has 23 heavy (non-hydrogen) atoms. The minimum Gasteiger partial charge on any atom is -0.326 e. The Morgan fingerprint density at radius 1 is 0.957 bits per heavy atom. The molecule has 2 heteroatoms. The van der Waals surface area contributed by atoms with Crippen molar-refractivity contribution in [2.45, 2.75) is 45.4 Å². The van der Waals surface area contributed by atoms with E-state index in [-0.39, 0.29) is 11.8 Å². The lowest BCUT2D eigenvalue weighted by Crippen LogP contribution is -2.15. The van der Waals surface area contributed by atoms with Gasteiger partial charge in [0, 0.05) is 11.6 Å². The molecule has 0 heterocycles. The minimum absolute atomic E-state index is 0.207. The highest BCUT2D eigenvalue weighted by atomic mass is 16.2. The van der Waals surface area contributed by atoms with Gasteiger partial charge in [-0.3, -0.25) is 4.79 Å². The van der Waals surface area contributed by atoms with E-state index < -0.39 is 0 Å². The summed E-state index contributed by atoms with van der Waals surface area (Å²) in [7, 11) is 0. The van der Waals surface area contributed by atoms with Crippen molar-refractivity contribution in [3.8, 4) is 0 Å². The van der Waals surface area contributed by atoms with E-state index in [0.717, 1.165) is 44.2 Å². The average Bonchev–Trinajstić information content (AvgIpc) is 3.20. The number of nitrogens with one attached hydrogen (secondary N) is 1. The van der Waals surface area contributed by atoms with Crippen LogP contribution in [0.5, 0.6) is 0 Å². The number of anilines is 1. The van der Waals surface area contributed by atoms with E-state index >= 15 is 0 Å². The fourth-order valence-electron chi connectivity index (χ4n) is 3.81. The van der Waals surface area contributed by atoms with E-state index in [1.165, 1.54) is 5.56 Å². The second kappa shape index (κ2) is 7.63. The molecule has 1 fully saturated rings. The number of allylic oxidation sites excluding steroid dienone is 4. The lowest BCUT2D eigenvalue weighted by atomic mass is 10.1. The van der Waals surface area contributed by atoms with Crippen molar-refractivity contribution in [3.63, 3.8) is 0 Å². The lowest BCUT2D eigenvalue weighted by Gasteiger charge is -2.05. The number of aryl methyl sites for hydroxylation is 1. The van der Waals surface area contributed by atoms with Gasteiger partial charge in [-0.1, -0.05) is 36.4 Å². The highest BCUT2D eigenvalue weighted by molar-refractivity contribution is 5.94. The second-order valence-corrected chi connectivity index (χ2v) is 6.89. The van der Waals surface area contributed by atoms with Gasteiger partial charge in [-0.05, 0) is 75.0 Å². The standard InChI is InChI=1S/C21H27NO/c1-16-11-10-12-17(15-16)22-21(23)20-18-13-8-6-4-2-3-5-7-9-14-19(18)20/h4-7,10-12,15,18-20H,2-3,8-9,13-14H2,1H3,(H,22,23)/b6-4-,7-5+/t18-,19+,20?/m1/s1. The number of fused-ring (bicyclic) bond motifs is 1. The Morgan fingerprint density at radius 2 is 1.57 bits per heavy atom. The van der Waals surface area contributed by atoms with Gasteiger partial charge in [0.2, 0.25) is 5.91 Å². The van der Waals surface area contributed by atoms with Gasteiger partial charge in [-0.25, -0.2) is 0 Å². The molecule has 1 N–H and O–H groups in total. The molecular formula is C21H27NO. The van der Waals surface area contributed by atoms with Gasteiger partial charge in [-0.2, -0.15) is 0 Å². The summed E-state index contributed by atoms with van der Waals surface area (Å²) < 4.78 is 0. The molecule has 1 aromatic carbocycles. The van der Waals surface area contributed by atoms with E-state index in [2.05, 4.69) is 42.6 Å². The maximum atomic E-state index is 12.6. The first-order chi connectivity index (χ1) is 11.3. The zero-order valence-electron chi connectivity index (χ0n) is 14.0. The topological polar surface area (TPSA) is 29.1 Å². The minimum atomic E-state index is 0.207. The quantitative estimate of drug-likeness (QED) is 0.742. The van der Waals surface area contributed by atoms with Crippen LogP contribution in [0.4, 0.5) is 5.69 Å². The van der Waals surface area contributed by atoms with Crippen LogP contribution < -0.4 is 5.32 Å². The normalized spacial score (nSPS) is 30.2. The molecule has 1 saturated carbocycles. The molecule has 1 amide bonds. The third-order valence-electron chi connectivity index (χ3n) is 5.09. The Morgan fingerprint density at radius 3 is 2.17 bits per heavy atom. The monoisotopic (exact) mass is 309 g/mol. The Hall–Kier alpha value is -1.83. The number of carbonyl (C=O) groups excluding carboxylic acids is 1. The molecule has 0 aliphatic heterocycles. The number of amides is 1. The number of hydrogen-bond donors (Lipinski definition) is 1. The van der Waals surface area contributed by atoms with Gasteiger partial charge in [0.15, 0.2) is 0 Å². The summed E-state index contributed by atoms with van der Waals surface area (Å²) in [4.78, 5) is 12.6. The summed E-state index contributed by atoms with van der Waals surface area (Å²) in [6, 6.07) is 8.07. The number of hydrogen-bond acceptors (Lipinski definition) is 1. The molecule has 0 saturated heterocycles. The fourth-order valence-corrected chi connectivity index (χ4v) is 3.81. The third kappa shape index (κ3) is 4.34. The molecule has 0 bridgehead atoms. The van der Waals surface area contributed by atoms with Crippen molar-refractivity contribution < 1.29 is 4.79 Å². The molecule has 0 radical (unpaired) electrons. The summed E-state index contributed by atoms with van der Waals surface area (Å²) in [6.07, 6.45) is 16.0. The van der Waals surface area contributed by atoms with Crippen LogP contribution in [-0.4, -0.2) is 5.91 Å². The molecule has 122 valence electrons. The number of benzene rings is 1. The molecule has 3 rings (SSSR count). The van der Waals surface area contributed by atoms with Crippen LogP contribution in [0.1, 0.15) is 44.1 Å². The first kappa shape index (κ1) is 16.0. The summed E-state index contributed by atoms with van der Waals surface area (Å²) >= 11 is 0. The lowest BCUT2D eigenvalue weighted by molar-refractivity contribution is -0.117. The predicted molar refractivity (Wildman–Crippen MR) is 96.3 cm³/mol. The van der Waals surface area contributed by atoms with E-state index in [1.54, 1.807) is 0 Å². The van der Waals surface area contributed by atoms with Gasteiger partial charge in [0.05, 0.1) is 0 Å². The Labute approximate surface area is 139 Å². The SMILES string of the molecule is Cc1cccc(NC(=O)C2[C@H]3CC/C=C/CC/C=C\CC[C@@H]23)c1. The van der Waals surface area contributed by atoms with E-state index in [0.29, 0.717) is 11.8 Å². The van der Waals surface area contributed by atoms with Crippen LogP contribution >= 0.6 is 0 Å². The van der Waals surface area contributed by atoms with Crippen LogP contribution in [0, 0.1) is 24.7 Å². The number of carbonyl (C=O) groups is 1. The predicted octanol–water partition coefficient (Wildman–Crippen LogP) is 5.26. The third-order valence-corrected chi connectivity index (χ3v) is 5.09. The van der Waals surface area contributed by atoms with Crippen molar-refractivity contribution in [2.75, 3.05) is 5.32 Å². The maximum Gasteiger partial charge on any atom is 0.228 e. The van der Waals surface area contributed by atoms with Crippen molar-refractivity contribution in [3.05, 3.63) is 54.1 Å². The van der Waals surface area contributed by atoms with Crippen LogP contribution in [0.2, 0.25) is 0 Å². The molecule has 0 aromatic heterocycles. The van der Waals surface area contributed by atoms with Crippen molar-refractivity contribution in [2.24, 2.45) is 17.8 Å². The van der Waals surface area contributed by atoms with Crippen molar-refractivity contribution in [1.82, 2.24) is 0 Å².